The molecule has 7 nitrogen and oxygen atoms in total. The number of amides is 2. The van der Waals surface area contributed by atoms with Gasteiger partial charge in [-0.15, -0.1) is 0 Å². The minimum Gasteiger partial charge on any atom is -0.382 e. The lowest BCUT2D eigenvalue weighted by molar-refractivity contribution is -0.127. The number of carbonyl (C=O) groups excluding carboxylic acids is 2. The number of hydrogen-bond acceptors (Lipinski definition) is 6. The average molecular weight is 283 g/mol. The minimum atomic E-state index is -0.367. The molecule has 0 atom stereocenters. The molecule has 0 saturated heterocycles. The second kappa shape index (κ2) is 5.43. The highest BCUT2D eigenvalue weighted by molar-refractivity contribution is 7.18. The first kappa shape index (κ1) is 13.6. The molecule has 2 rings (SSSR count). The van der Waals surface area contributed by atoms with E-state index < -0.39 is 0 Å². The Labute approximate surface area is 115 Å². The van der Waals surface area contributed by atoms with Gasteiger partial charge in [0.25, 0.3) is 5.91 Å². The van der Waals surface area contributed by atoms with E-state index in [0.29, 0.717) is 16.1 Å². The molecule has 1 heterocycles. The van der Waals surface area contributed by atoms with Crippen molar-refractivity contribution < 1.29 is 9.59 Å². The summed E-state index contributed by atoms with van der Waals surface area (Å²) in [5.41, 5.74) is 5.71. The summed E-state index contributed by atoms with van der Waals surface area (Å²) in [6.45, 7) is -0.0471. The summed E-state index contributed by atoms with van der Waals surface area (Å²) >= 11 is 1.21. The van der Waals surface area contributed by atoms with Gasteiger partial charge in [-0.1, -0.05) is 11.3 Å². The highest BCUT2D eigenvalue weighted by Crippen LogP contribution is 2.30. The van der Waals surface area contributed by atoms with Crippen LogP contribution in [0.15, 0.2) is 0 Å². The van der Waals surface area contributed by atoms with Crippen LogP contribution in [0.2, 0.25) is 0 Å². The molecule has 19 heavy (non-hydrogen) atoms. The number of nitrogens with zero attached hydrogens (tertiary/aromatic N) is 2. The first-order valence-corrected chi connectivity index (χ1v) is 6.80. The summed E-state index contributed by atoms with van der Waals surface area (Å²) < 4.78 is 0. The molecule has 1 aliphatic carbocycles. The van der Waals surface area contributed by atoms with E-state index in [2.05, 4.69) is 15.6 Å². The molecule has 0 aliphatic heterocycles. The summed E-state index contributed by atoms with van der Waals surface area (Å²) in [5, 5.41) is 6.38. The van der Waals surface area contributed by atoms with Gasteiger partial charge < -0.3 is 21.3 Å². The van der Waals surface area contributed by atoms with Gasteiger partial charge in [0, 0.05) is 20.1 Å². The second-order valence-corrected chi connectivity index (χ2v) is 5.62. The van der Waals surface area contributed by atoms with Crippen LogP contribution in [-0.2, 0) is 4.79 Å². The maximum absolute atomic E-state index is 11.9. The van der Waals surface area contributed by atoms with E-state index in [4.69, 9.17) is 5.73 Å². The Morgan fingerprint density at radius 2 is 2.16 bits per heavy atom. The maximum Gasteiger partial charge on any atom is 0.265 e. The topological polar surface area (TPSA) is 100 Å². The lowest BCUT2D eigenvalue weighted by atomic mass is 10.4. The summed E-state index contributed by atoms with van der Waals surface area (Å²) in [7, 11) is 3.26. The van der Waals surface area contributed by atoms with Gasteiger partial charge in [0.05, 0.1) is 6.54 Å². The number of nitrogen functional groups attached to an aromatic ring is 1. The first-order chi connectivity index (χ1) is 8.97. The predicted octanol–water partition coefficient (Wildman–Crippen LogP) is 0.118. The van der Waals surface area contributed by atoms with Crippen molar-refractivity contribution in [1.82, 2.24) is 15.2 Å². The van der Waals surface area contributed by atoms with Crippen LogP contribution in [0.1, 0.15) is 22.5 Å². The number of likely N-dealkylation sites (N-methyl/N-ethyl adjacent to an activating group) is 1. The first-order valence-electron chi connectivity index (χ1n) is 5.98. The minimum absolute atomic E-state index is 0.0471. The third-order valence-electron chi connectivity index (χ3n) is 2.66. The normalized spacial score (nSPS) is 14.0. The summed E-state index contributed by atoms with van der Waals surface area (Å²) in [4.78, 5) is 29.1. The van der Waals surface area contributed by atoms with Crippen molar-refractivity contribution in [2.75, 3.05) is 31.7 Å². The summed E-state index contributed by atoms with van der Waals surface area (Å²) in [6, 6.07) is 0.455. The van der Waals surface area contributed by atoms with Gasteiger partial charge in [-0.3, -0.25) is 9.59 Å². The summed E-state index contributed by atoms with van der Waals surface area (Å²) in [6.07, 6.45) is 2.25. The Bertz CT molecular complexity index is 495. The standard InChI is InChI=1S/C11H17N5O2S/c1-16(2)7(17)5-13-10(18)8-9(12)15-11(19-8)14-6-3-4-6/h6H,3-5,12H2,1-2H3,(H,13,18)(H,14,15). The molecule has 104 valence electrons. The zero-order valence-electron chi connectivity index (χ0n) is 10.9. The van der Waals surface area contributed by atoms with Gasteiger partial charge in [0.1, 0.15) is 10.7 Å². The van der Waals surface area contributed by atoms with Crippen molar-refractivity contribution >= 4 is 34.1 Å². The van der Waals surface area contributed by atoms with Gasteiger partial charge in [0.2, 0.25) is 5.91 Å². The van der Waals surface area contributed by atoms with Crippen LogP contribution >= 0.6 is 11.3 Å². The van der Waals surface area contributed by atoms with Crippen LogP contribution in [0.5, 0.6) is 0 Å². The molecule has 0 spiro atoms. The fraction of sp³-hybridized carbons (Fsp3) is 0.545. The van der Waals surface area contributed by atoms with E-state index in [9.17, 15) is 9.59 Å². The molecule has 0 unspecified atom stereocenters. The molecule has 1 aromatic rings. The fourth-order valence-electron chi connectivity index (χ4n) is 1.35. The predicted molar refractivity (Wildman–Crippen MR) is 74.2 cm³/mol. The van der Waals surface area contributed by atoms with E-state index in [-0.39, 0.29) is 24.2 Å². The average Bonchev–Trinajstić information content (AvgIpc) is 3.08. The fourth-order valence-corrected chi connectivity index (χ4v) is 2.23. The van der Waals surface area contributed by atoms with Gasteiger partial charge in [-0.2, -0.15) is 0 Å². The molecule has 8 heteroatoms. The molecule has 0 radical (unpaired) electrons. The lowest BCUT2D eigenvalue weighted by Crippen LogP contribution is -2.36. The Balaban J connectivity index is 1.94. The third kappa shape index (κ3) is 3.57. The van der Waals surface area contributed by atoms with E-state index in [1.165, 1.54) is 16.2 Å². The van der Waals surface area contributed by atoms with Gasteiger partial charge in [-0.05, 0) is 12.8 Å². The molecular formula is C11H17N5O2S. The highest BCUT2D eigenvalue weighted by Gasteiger charge is 2.24. The Morgan fingerprint density at radius 1 is 1.47 bits per heavy atom. The van der Waals surface area contributed by atoms with E-state index in [0.717, 1.165) is 12.8 Å². The van der Waals surface area contributed by atoms with E-state index in [1.54, 1.807) is 14.1 Å². The van der Waals surface area contributed by atoms with Crippen LogP contribution in [0.3, 0.4) is 0 Å². The van der Waals surface area contributed by atoms with Crippen molar-refractivity contribution in [2.24, 2.45) is 0 Å². The Kier molecular flexibility index (Phi) is 3.89. The van der Waals surface area contributed by atoms with E-state index in [1.807, 2.05) is 0 Å². The highest BCUT2D eigenvalue weighted by atomic mass is 32.1. The monoisotopic (exact) mass is 283 g/mol. The molecule has 0 aromatic carbocycles. The van der Waals surface area contributed by atoms with Crippen molar-refractivity contribution in [3.8, 4) is 0 Å². The largest absolute Gasteiger partial charge is 0.382 e. The quantitative estimate of drug-likeness (QED) is 0.712. The molecule has 2 amide bonds. The molecule has 4 N–H and O–H groups in total. The number of nitrogens with one attached hydrogen (secondary N) is 2. The van der Waals surface area contributed by atoms with Crippen molar-refractivity contribution in [1.29, 1.82) is 0 Å². The molecule has 1 fully saturated rings. The number of nitrogens with two attached hydrogens (primary N) is 1. The number of hydrogen-bond donors (Lipinski definition) is 3. The zero-order chi connectivity index (χ0) is 14.0. The number of anilines is 2. The smallest absolute Gasteiger partial charge is 0.265 e. The van der Waals surface area contributed by atoms with Crippen LogP contribution < -0.4 is 16.4 Å². The Morgan fingerprint density at radius 3 is 2.74 bits per heavy atom. The maximum atomic E-state index is 11.9. The molecule has 1 aliphatic rings. The lowest BCUT2D eigenvalue weighted by Gasteiger charge is -2.10. The molecule has 1 aromatic heterocycles. The van der Waals surface area contributed by atoms with Crippen LogP contribution in [0, 0.1) is 0 Å². The number of carbonyl (C=O) groups is 2. The number of aromatic nitrogens is 1. The van der Waals surface area contributed by atoms with Crippen molar-refractivity contribution in [3.63, 3.8) is 0 Å². The Hall–Kier alpha value is -1.83. The SMILES string of the molecule is CN(C)C(=O)CNC(=O)c1sc(NC2CC2)nc1N. The van der Waals surface area contributed by atoms with Crippen LogP contribution in [0.4, 0.5) is 10.9 Å². The van der Waals surface area contributed by atoms with E-state index >= 15 is 0 Å². The van der Waals surface area contributed by atoms with Gasteiger partial charge in [0.15, 0.2) is 5.13 Å². The molecule has 1 saturated carbocycles. The summed E-state index contributed by atoms with van der Waals surface area (Å²) in [5.74, 6) is -0.343. The molecular weight excluding hydrogens is 266 g/mol. The van der Waals surface area contributed by atoms with Crippen LogP contribution in [0.25, 0.3) is 0 Å². The second-order valence-electron chi connectivity index (χ2n) is 4.62. The van der Waals surface area contributed by atoms with Crippen molar-refractivity contribution in [2.45, 2.75) is 18.9 Å². The van der Waals surface area contributed by atoms with Crippen LogP contribution in [-0.4, -0.2) is 48.4 Å². The molecule has 0 bridgehead atoms. The number of rotatable bonds is 5. The number of thiazole rings is 1. The van der Waals surface area contributed by atoms with Gasteiger partial charge in [-0.25, -0.2) is 4.98 Å². The van der Waals surface area contributed by atoms with Crippen molar-refractivity contribution in [3.05, 3.63) is 4.88 Å². The zero-order valence-corrected chi connectivity index (χ0v) is 11.7. The van der Waals surface area contributed by atoms with Gasteiger partial charge >= 0.3 is 0 Å². The third-order valence-corrected chi connectivity index (χ3v) is 3.66.